The van der Waals surface area contributed by atoms with Gasteiger partial charge in [0.25, 0.3) is 0 Å². The summed E-state index contributed by atoms with van der Waals surface area (Å²) in [6.45, 7) is 4.32. The van der Waals surface area contributed by atoms with Crippen LogP contribution in [0, 0.1) is 5.92 Å². The molecule has 1 saturated heterocycles. The van der Waals surface area contributed by atoms with Gasteiger partial charge in [-0.2, -0.15) is 0 Å². The maximum atomic E-state index is 12.5. The Hall–Kier alpha value is -2.77. The van der Waals surface area contributed by atoms with Gasteiger partial charge in [-0.05, 0) is 13.8 Å². The number of ether oxygens (including phenoxy) is 2. The van der Waals surface area contributed by atoms with E-state index in [4.69, 9.17) is 9.47 Å². The quantitative estimate of drug-likeness (QED) is 0.860. The first-order valence-corrected chi connectivity index (χ1v) is 8.15. The molecule has 0 saturated carbocycles. The normalized spacial score (nSPS) is 17.4. The van der Waals surface area contributed by atoms with Crippen LogP contribution >= 0.6 is 0 Å². The number of hydrogen-bond acceptors (Lipinski definition) is 5. The lowest BCUT2D eigenvalue weighted by atomic mass is 10.1. The standard InChI is InChI=1S/C17H22N4O4/c1-9(2)21-8-10(5-15(21)22)16(23)20-17-18-11-6-13(24-3)14(25-4)7-12(11)19-17/h6-7,9-10H,5,8H2,1-4H3,(H2,18,19,20,23). The van der Waals surface area contributed by atoms with E-state index >= 15 is 0 Å². The minimum atomic E-state index is -0.368. The Kier molecular flexibility index (Phi) is 4.52. The van der Waals surface area contributed by atoms with E-state index in [-0.39, 0.29) is 30.2 Å². The van der Waals surface area contributed by atoms with Crippen LogP contribution in [0.5, 0.6) is 11.5 Å². The number of fused-ring (bicyclic) bond motifs is 1. The van der Waals surface area contributed by atoms with Gasteiger partial charge in [-0.15, -0.1) is 0 Å². The molecule has 0 bridgehead atoms. The number of carbonyl (C=O) groups excluding carboxylic acids is 2. The first-order valence-electron chi connectivity index (χ1n) is 8.15. The summed E-state index contributed by atoms with van der Waals surface area (Å²) in [5.41, 5.74) is 1.37. The predicted octanol–water partition coefficient (Wildman–Crippen LogP) is 1.78. The summed E-state index contributed by atoms with van der Waals surface area (Å²) in [6, 6.07) is 3.59. The number of benzene rings is 1. The van der Waals surface area contributed by atoms with Crippen molar-refractivity contribution in [2.45, 2.75) is 26.3 Å². The molecule has 2 heterocycles. The topological polar surface area (TPSA) is 96.5 Å². The van der Waals surface area contributed by atoms with E-state index in [0.717, 1.165) is 5.52 Å². The van der Waals surface area contributed by atoms with Crippen molar-refractivity contribution >= 4 is 28.8 Å². The van der Waals surface area contributed by atoms with E-state index in [1.807, 2.05) is 13.8 Å². The molecule has 1 unspecified atom stereocenters. The van der Waals surface area contributed by atoms with E-state index in [2.05, 4.69) is 15.3 Å². The van der Waals surface area contributed by atoms with Gasteiger partial charge in [-0.1, -0.05) is 0 Å². The number of likely N-dealkylation sites (tertiary alicyclic amines) is 1. The fourth-order valence-corrected chi connectivity index (χ4v) is 3.02. The molecule has 2 N–H and O–H groups in total. The minimum Gasteiger partial charge on any atom is -0.493 e. The number of methoxy groups -OCH3 is 2. The van der Waals surface area contributed by atoms with Gasteiger partial charge >= 0.3 is 0 Å². The molecule has 8 nitrogen and oxygen atoms in total. The van der Waals surface area contributed by atoms with Crippen molar-refractivity contribution in [3.8, 4) is 11.5 Å². The number of carbonyl (C=O) groups is 2. The average molecular weight is 346 g/mol. The van der Waals surface area contributed by atoms with E-state index < -0.39 is 0 Å². The molecule has 0 radical (unpaired) electrons. The number of H-pyrrole nitrogens is 1. The lowest BCUT2D eigenvalue weighted by Gasteiger charge is -2.20. The molecule has 1 aromatic carbocycles. The highest BCUT2D eigenvalue weighted by atomic mass is 16.5. The molecule has 134 valence electrons. The summed E-state index contributed by atoms with van der Waals surface area (Å²) in [4.78, 5) is 33.5. The zero-order chi connectivity index (χ0) is 18.1. The summed E-state index contributed by atoms with van der Waals surface area (Å²) >= 11 is 0. The van der Waals surface area contributed by atoms with Crippen LogP contribution < -0.4 is 14.8 Å². The van der Waals surface area contributed by atoms with Crippen LogP contribution in [-0.4, -0.2) is 53.5 Å². The second-order valence-electron chi connectivity index (χ2n) is 6.34. The van der Waals surface area contributed by atoms with E-state index in [9.17, 15) is 9.59 Å². The van der Waals surface area contributed by atoms with Gasteiger partial charge in [-0.25, -0.2) is 4.98 Å². The van der Waals surface area contributed by atoms with E-state index in [1.54, 1.807) is 31.3 Å². The zero-order valence-corrected chi connectivity index (χ0v) is 14.8. The fraction of sp³-hybridized carbons (Fsp3) is 0.471. The summed E-state index contributed by atoms with van der Waals surface area (Å²) in [5.74, 6) is 0.903. The van der Waals surface area contributed by atoms with Crippen LogP contribution in [0.1, 0.15) is 20.3 Å². The molecule has 1 aliphatic rings. The summed E-state index contributed by atoms with van der Waals surface area (Å²) in [7, 11) is 3.11. The fourth-order valence-electron chi connectivity index (χ4n) is 3.02. The summed E-state index contributed by atoms with van der Waals surface area (Å²) in [6.07, 6.45) is 0.228. The van der Waals surface area contributed by atoms with E-state index in [1.165, 1.54) is 0 Å². The van der Waals surface area contributed by atoms with Crippen molar-refractivity contribution in [2.24, 2.45) is 5.92 Å². The highest BCUT2D eigenvalue weighted by Gasteiger charge is 2.35. The van der Waals surface area contributed by atoms with Gasteiger partial charge in [0.15, 0.2) is 11.5 Å². The molecule has 2 amide bonds. The molecule has 2 aromatic rings. The second kappa shape index (κ2) is 6.62. The van der Waals surface area contributed by atoms with Gasteiger partial charge in [0.05, 0.1) is 31.2 Å². The van der Waals surface area contributed by atoms with Gasteiger partial charge in [-0.3, -0.25) is 14.9 Å². The monoisotopic (exact) mass is 346 g/mol. The van der Waals surface area contributed by atoms with Crippen molar-refractivity contribution in [3.05, 3.63) is 12.1 Å². The Morgan fingerprint density at radius 2 is 2.00 bits per heavy atom. The molecular formula is C17H22N4O4. The SMILES string of the molecule is COc1cc2nc(NC(=O)C3CC(=O)N(C(C)C)C3)[nH]c2cc1OC. The van der Waals surface area contributed by atoms with Crippen molar-refractivity contribution < 1.29 is 19.1 Å². The van der Waals surface area contributed by atoms with Gasteiger partial charge in [0.2, 0.25) is 17.8 Å². The third-order valence-corrected chi connectivity index (χ3v) is 4.38. The number of aromatic amines is 1. The highest BCUT2D eigenvalue weighted by molar-refractivity contribution is 5.97. The highest BCUT2D eigenvalue weighted by Crippen LogP contribution is 2.31. The Morgan fingerprint density at radius 1 is 1.32 bits per heavy atom. The first-order chi connectivity index (χ1) is 11.9. The Labute approximate surface area is 145 Å². The van der Waals surface area contributed by atoms with Crippen molar-refractivity contribution in [3.63, 3.8) is 0 Å². The Balaban J connectivity index is 1.77. The molecule has 0 spiro atoms. The largest absolute Gasteiger partial charge is 0.493 e. The summed E-state index contributed by atoms with van der Waals surface area (Å²) in [5, 5.41) is 2.76. The summed E-state index contributed by atoms with van der Waals surface area (Å²) < 4.78 is 10.5. The lowest BCUT2D eigenvalue weighted by molar-refractivity contribution is -0.129. The van der Waals surface area contributed by atoms with Gasteiger partial charge in [0.1, 0.15) is 0 Å². The molecule has 0 aliphatic carbocycles. The van der Waals surface area contributed by atoms with Crippen LogP contribution in [0.3, 0.4) is 0 Å². The molecule has 3 rings (SSSR count). The van der Waals surface area contributed by atoms with Crippen LogP contribution in [0.4, 0.5) is 5.95 Å². The third-order valence-electron chi connectivity index (χ3n) is 4.38. The van der Waals surface area contributed by atoms with Gasteiger partial charge in [0, 0.05) is 31.1 Å². The van der Waals surface area contributed by atoms with E-state index in [0.29, 0.717) is 29.5 Å². The maximum Gasteiger partial charge on any atom is 0.232 e. The molecule has 1 aromatic heterocycles. The van der Waals surface area contributed by atoms with Crippen LogP contribution in [0.15, 0.2) is 12.1 Å². The number of rotatable bonds is 5. The van der Waals surface area contributed by atoms with Crippen molar-refractivity contribution in [2.75, 3.05) is 26.1 Å². The number of hydrogen-bond donors (Lipinski definition) is 2. The molecule has 8 heteroatoms. The third kappa shape index (κ3) is 3.24. The lowest BCUT2D eigenvalue weighted by Crippen LogP contribution is -2.33. The predicted molar refractivity (Wildman–Crippen MR) is 92.8 cm³/mol. The molecule has 1 fully saturated rings. The molecule has 1 atom stereocenters. The van der Waals surface area contributed by atoms with Crippen molar-refractivity contribution in [1.29, 1.82) is 0 Å². The van der Waals surface area contributed by atoms with Crippen LogP contribution in [0.25, 0.3) is 11.0 Å². The van der Waals surface area contributed by atoms with Gasteiger partial charge < -0.3 is 19.4 Å². The second-order valence-corrected chi connectivity index (χ2v) is 6.34. The number of nitrogens with zero attached hydrogens (tertiary/aromatic N) is 2. The average Bonchev–Trinajstić information content (AvgIpc) is 3.15. The Bertz CT molecular complexity index is 773. The number of imidazole rings is 1. The number of aromatic nitrogens is 2. The number of anilines is 1. The van der Waals surface area contributed by atoms with Crippen molar-refractivity contribution in [1.82, 2.24) is 14.9 Å². The minimum absolute atomic E-state index is 0.00855. The zero-order valence-electron chi connectivity index (χ0n) is 14.8. The first kappa shape index (κ1) is 17.1. The molecule has 1 aliphatic heterocycles. The maximum absolute atomic E-state index is 12.5. The number of nitrogens with one attached hydrogen (secondary N) is 2. The Morgan fingerprint density at radius 3 is 2.60 bits per heavy atom. The van der Waals surface area contributed by atoms with Crippen LogP contribution in [-0.2, 0) is 9.59 Å². The molecule has 25 heavy (non-hydrogen) atoms. The smallest absolute Gasteiger partial charge is 0.232 e. The van der Waals surface area contributed by atoms with Crippen LogP contribution in [0.2, 0.25) is 0 Å². The molecular weight excluding hydrogens is 324 g/mol. The number of amides is 2.